The number of anilines is 1. The second-order valence-electron chi connectivity index (χ2n) is 6.56. The molecular formula is C20H24N6O3. The minimum absolute atomic E-state index is 0.153. The van der Waals surface area contributed by atoms with E-state index in [1.165, 1.54) is 11.7 Å². The van der Waals surface area contributed by atoms with Crippen molar-refractivity contribution < 1.29 is 14.3 Å². The molecule has 152 valence electrons. The van der Waals surface area contributed by atoms with Crippen LogP contribution in [0.15, 0.2) is 36.7 Å². The molecule has 0 unspecified atom stereocenters. The van der Waals surface area contributed by atoms with Crippen LogP contribution in [0, 0.1) is 13.8 Å². The van der Waals surface area contributed by atoms with E-state index in [4.69, 9.17) is 4.74 Å². The lowest BCUT2D eigenvalue weighted by atomic mass is 10.1. The van der Waals surface area contributed by atoms with Crippen molar-refractivity contribution in [1.29, 1.82) is 0 Å². The molecule has 0 atom stereocenters. The van der Waals surface area contributed by atoms with E-state index >= 15 is 0 Å². The summed E-state index contributed by atoms with van der Waals surface area (Å²) in [6, 6.07) is 7.51. The molecule has 0 fully saturated rings. The van der Waals surface area contributed by atoms with Crippen molar-refractivity contribution in [2.45, 2.75) is 34.0 Å². The Balaban J connectivity index is 1.68. The summed E-state index contributed by atoms with van der Waals surface area (Å²) < 4.78 is 8.89. The van der Waals surface area contributed by atoms with Gasteiger partial charge in [0.05, 0.1) is 5.69 Å². The van der Waals surface area contributed by atoms with Crippen LogP contribution in [0.4, 0.5) is 5.69 Å². The number of carbonyl (C=O) groups is 2. The van der Waals surface area contributed by atoms with Crippen LogP contribution >= 0.6 is 0 Å². The van der Waals surface area contributed by atoms with Crippen LogP contribution in [0.3, 0.4) is 0 Å². The molecule has 2 aromatic heterocycles. The molecule has 29 heavy (non-hydrogen) atoms. The van der Waals surface area contributed by atoms with Crippen molar-refractivity contribution in [2.24, 2.45) is 0 Å². The van der Waals surface area contributed by atoms with Gasteiger partial charge in [-0.2, -0.15) is 10.2 Å². The maximum Gasteiger partial charge on any atom is 0.276 e. The summed E-state index contributed by atoms with van der Waals surface area (Å²) in [5.41, 5.74) is 2.89. The van der Waals surface area contributed by atoms with E-state index in [1.54, 1.807) is 23.1 Å². The Kier molecular flexibility index (Phi) is 5.96. The molecule has 3 rings (SSSR count). The van der Waals surface area contributed by atoms with Crippen molar-refractivity contribution in [3.8, 4) is 5.75 Å². The van der Waals surface area contributed by atoms with E-state index in [-0.39, 0.29) is 24.0 Å². The molecule has 2 amide bonds. The third-order valence-electron chi connectivity index (χ3n) is 4.33. The number of ether oxygens (including phenoxy) is 1. The van der Waals surface area contributed by atoms with Gasteiger partial charge >= 0.3 is 0 Å². The summed E-state index contributed by atoms with van der Waals surface area (Å²) in [5, 5.41) is 13.6. The average molecular weight is 396 g/mol. The van der Waals surface area contributed by atoms with Crippen LogP contribution in [-0.2, 0) is 13.3 Å². The van der Waals surface area contributed by atoms with Crippen molar-refractivity contribution in [3.05, 3.63) is 59.2 Å². The maximum absolute atomic E-state index is 12.6. The summed E-state index contributed by atoms with van der Waals surface area (Å²) in [4.78, 5) is 24.5. The minimum atomic E-state index is -0.434. The van der Waals surface area contributed by atoms with E-state index in [0.29, 0.717) is 12.2 Å². The quantitative estimate of drug-likeness (QED) is 0.638. The van der Waals surface area contributed by atoms with E-state index in [0.717, 1.165) is 16.9 Å². The van der Waals surface area contributed by atoms with Crippen LogP contribution in [-0.4, -0.2) is 38.4 Å². The first-order valence-electron chi connectivity index (χ1n) is 9.25. The molecular weight excluding hydrogens is 372 g/mol. The molecule has 0 radical (unpaired) electrons. The number of rotatable bonds is 7. The highest BCUT2D eigenvalue weighted by Gasteiger charge is 2.19. The highest BCUT2D eigenvalue weighted by atomic mass is 16.5. The fourth-order valence-corrected chi connectivity index (χ4v) is 2.80. The van der Waals surface area contributed by atoms with Gasteiger partial charge in [0.25, 0.3) is 11.8 Å². The molecule has 3 aromatic rings. The third kappa shape index (κ3) is 4.63. The maximum atomic E-state index is 12.6. The SMILES string of the molecule is CCn1cc(NC(=O)c2ccn(COc3ccc(C)cc3C)n2)c(C(=O)NC)n1. The second-order valence-corrected chi connectivity index (χ2v) is 6.56. The van der Waals surface area contributed by atoms with Crippen molar-refractivity contribution in [1.82, 2.24) is 24.9 Å². The number of benzene rings is 1. The lowest BCUT2D eigenvalue weighted by Crippen LogP contribution is -2.22. The number of carbonyl (C=O) groups excluding carboxylic acids is 2. The van der Waals surface area contributed by atoms with Gasteiger partial charge in [0, 0.05) is 26.0 Å². The molecule has 0 aliphatic carbocycles. The van der Waals surface area contributed by atoms with Crippen LogP contribution in [0.2, 0.25) is 0 Å². The summed E-state index contributed by atoms with van der Waals surface area (Å²) in [5.74, 6) is -0.0460. The predicted octanol–water partition coefficient (Wildman–Crippen LogP) is 2.36. The van der Waals surface area contributed by atoms with E-state index < -0.39 is 5.91 Å². The Bertz CT molecular complexity index is 1040. The largest absolute Gasteiger partial charge is 0.471 e. The van der Waals surface area contributed by atoms with E-state index in [1.807, 2.05) is 39.0 Å². The predicted molar refractivity (Wildman–Crippen MR) is 108 cm³/mol. The van der Waals surface area contributed by atoms with Gasteiger partial charge in [-0.15, -0.1) is 0 Å². The van der Waals surface area contributed by atoms with Gasteiger partial charge in [0.15, 0.2) is 18.1 Å². The van der Waals surface area contributed by atoms with Crippen LogP contribution in [0.1, 0.15) is 39.0 Å². The fraction of sp³-hybridized carbons (Fsp3) is 0.300. The van der Waals surface area contributed by atoms with Gasteiger partial charge in [0.1, 0.15) is 5.75 Å². The molecule has 0 saturated heterocycles. The fourth-order valence-electron chi connectivity index (χ4n) is 2.80. The standard InChI is InChI=1S/C20H24N6O3/c1-5-25-11-16(18(24-25)20(28)21-4)22-19(27)15-8-9-26(23-15)12-29-17-7-6-13(2)10-14(17)3/h6-11H,5,12H2,1-4H3,(H,21,28)(H,22,27). The summed E-state index contributed by atoms with van der Waals surface area (Å²) in [7, 11) is 1.51. The second kappa shape index (κ2) is 8.59. The first-order valence-corrected chi connectivity index (χ1v) is 9.25. The highest BCUT2D eigenvalue weighted by Crippen LogP contribution is 2.19. The first-order chi connectivity index (χ1) is 13.9. The van der Waals surface area contributed by atoms with Gasteiger partial charge in [-0.05, 0) is 38.5 Å². The number of aromatic nitrogens is 4. The van der Waals surface area contributed by atoms with Gasteiger partial charge in [0.2, 0.25) is 0 Å². The van der Waals surface area contributed by atoms with Gasteiger partial charge in [-0.3, -0.25) is 14.3 Å². The van der Waals surface area contributed by atoms with Crippen molar-refractivity contribution in [3.63, 3.8) is 0 Å². The van der Waals surface area contributed by atoms with Gasteiger partial charge in [-0.25, -0.2) is 4.68 Å². The number of nitrogens with one attached hydrogen (secondary N) is 2. The molecule has 2 N–H and O–H groups in total. The first kappa shape index (κ1) is 20.1. The van der Waals surface area contributed by atoms with Gasteiger partial charge in [-0.1, -0.05) is 17.7 Å². The Morgan fingerprint density at radius 1 is 1.10 bits per heavy atom. The Morgan fingerprint density at radius 2 is 1.90 bits per heavy atom. The van der Waals surface area contributed by atoms with Crippen LogP contribution in [0.5, 0.6) is 5.75 Å². The van der Waals surface area contributed by atoms with Crippen LogP contribution in [0.25, 0.3) is 0 Å². The number of hydrogen-bond acceptors (Lipinski definition) is 5. The summed E-state index contributed by atoms with van der Waals surface area (Å²) >= 11 is 0. The molecule has 0 aliphatic heterocycles. The Morgan fingerprint density at radius 3 is 2.59 bits per heavy atom. The highest BCUT2D eigenvalue weighted by molar-refractivity contribution is 6.07. The van der Waals surface area contributed by atoms with Crippen molar-refractivity contribution in [2.75, 3.05) is 12.4 Å². The Hall–Kier alpha value is -3.62. The number of nitrogens with zero attached hydrogens (tertiary/aromatic N) is 4. The van der Waals surface area contributed by atoms with E-state index in [2.05, 4.69) is 20.8 Å². The lowest BCUT2D eigenvalue weighted by molar-refractivity contribution is 0.0958. The third-order valence-corrected chi connectivity index (χ3v) is 4.33. The molecule has 0 saturated carbocycles. The smallest absolute Gasteiger partial charge is 0.276 e. The van der Waals surface area contributed by atoms with Crippen LogP contribution < -0.4 is 15.4 Å². The van der Waals surface area contributed by atoms with Gasteiger partial charge < -0.3 is 15.4 Å². The zero-order valence-electron chi connectivity index (χ0n) is 16.9. The number of aryl methyl sites for hydroxylation is 3. The number of hydrogen-bond donors (Lipinski definition) is 2. The molecule has 9 nitrogen and oxygen atoms in total. The zero-order valence-corrected chi connectivity index (χ0v) is 16.9. The monoisotopic (exact) mass is 396 g/mol. The molecule has 9 heteroatoms. The van der Waals surface area contributed by atoms with Crippen molar-refractivity contribution >= 4 is 17.5 Å². The lowest BCUT2D eigenvalue weighted by Gasteiger charge is -2.09. The topological polar surface area (TPSA) is 103 Å². The average Bonchev–Trinajstić information content (AvgIpc) is 3.33. The molecule has 1 aromatic carbocycles. The molecule has 2 heterocycles. The molecule has 0 spiro atoms. The van der Waals surface area contributed by atoms with E-state index in [9.17, 15) is 9.59 Å². The summed E-state index contributed by atoms with van der Waals surface area (Å²) in [6.45, 7) is 6.64. The molecule has 0 aliphatic rings. The summed E-state index contributed by atoms with van der Waals surface area (Å²) in [6.07, 6.45) is 3.27. The normalized spacial score (nSPS) is 10.6. The molecule has 0 bridgehead atoms. The minimum Gasteiger partial charge on any atom is -0.471 e. The zero-order chi connectivity index (χ0) is 21.0. The Labute approximate surface area is 168 Å². The number of amides is 2.